The standard InChI is InChI=1S/C19H21ClFN3O3S/c1-22-28(26,27)15-7-5-14(6-8-15)19(25)24-11-9-23(10-12-24)13-16-17(20)3-2-4-18(16)21/h2-8,22H,9-13H2,1H3. The third kappa shape index (κ3) is 4.52. The zero-order valence-corrected chi connectivity index (χ0v) is 16.9. The smallest absolute Gasteiger partial charge is 0.253 e. The van der Waals surface area contributed by atoms with Crippen LogP contribution in [0, 0.1) is 5.82 Å². The lowest BCUT2D eigenvalue weighted by Gasteiger charge is -2.35. The third-order valence-electron chi connectivity index (χ3n) is 4.78. The molecule has 0 radical (unpaired) electrons. The highest BCUT2D eigenvalue weighted by molar-refractivity contribution is 7.89. The summed E-state index contributed by atoms with van der Waals surface area (Å²) in [6.45, 7) is 2.60. The van der Waals surface area contributed by atoms with Crippen molar-refractivity contribution in [2.24, 2.45) is 0 Å². The number of rotatable bonds is 5. The van der Waals surface area contributed by atoms with Crippen LogP contribution in [-0.4, -0.2) is 57.4 Å². The summed E-state index contributed by atoms with van der Waals surface area (Å²) in [5.41, 5.74) is 0.894. The van der Waals surface area contributed by atoms with Crippen LogP contribution in [0.2, 0.25) is 5.02 Å². The minimum absolute atomic E-state index is 0.109. The molecule has 2 aromatic rings. The van der Waals surface area contributed by atoms with Gasteiger partial charge in [-0.1, -0.05) is 17.7 Å². The lowest BCUT2D eigenvalue weighted by atomic mass is 10.1. The number of nitrogens with one attached hydrogen (secondary N) is 1. The van der Waals surface area contributed by atoms with Gasteiger partial charge >= 0.3 is 0 Å². The summed E-state index contributed by atoms with van der Waals surface area (Å²) in [5.74, 6) is -0.486. The van der Waals surface area contributed by atoms with Crippen LogP contribution >= 0.6 is 11.6 Å². The first kappa shape index (κ1) is 20.7. The molecule has 2 aromatic carbocycles. The first-order chi connectivity index (χ1) is 13.3. The van der Waals surface area contributed by atoms with Crippen molar-refractivity contribution in [3.63, 3.8) is 0 Å². The summed E-state index contributed by atoms with van der Waals surface area (Å²) >= 11 is 6.08. The number of halogens is 2. The molecule has 0 atom stereocenters. The van der Waals surface area contributed by atoms with E-state index in [1.54, 1.807) is 17.0 Å². The van der Waals surface area contributed by atoms with E-state index in [2.05, 4.69) is 9.62 Å². The average Bonchev–Trinajstić information content (AvgIpc) is 2.71. The number of carbonyl (C=O) groups is 1. The van der Waals surface area contributed by atoms with Gasteiger partial charge in [0.05, 0.1) is 4.90 Å². The maximum atomic E-state index is 14.0. The number of nitrogens with zero attached hydrogens (tertiary/aromatic N) is 2. The van der Waals surface area contributed by atoms with E-state index in [-0.39, 0.29) is 16.6 Å². The molecule has 1 aliphatic heterocycles. The molecule has 0 saturated carbocycles. The number of amides is 1. The van der Waals surface area contributed by atoms with E-state index in [1.807, 2.05) is 0 Å². The van der Waals surface area contributed by atoms with Gasteiger partial charge in [0.2, 0.25) is 10.0 Å². The Morgan fingerprint density at radius 2 is 1.75 bits per heavy atom. The van der Waals surface area contributed by atoms with Gasteiger partial charge in [-0.25, -0.2) is 17.5 Å². The van der Waals surface area contributed by atoms with Crippen molar-refractivity contribution in [1.82, 2.24) is 14.5 Å². The lowest BCUT2D eigenvalue weighted by Crippen LogP contribution is -2.48. The predicted octanol–water partition coefficient (Wildman–Crippen LogP) is 2.35. The second kappa shape index (κ2) is 8.57. The highest BCUT2D eigenvalue weighted by atomic mass is 35.5. The van der Waals surface area contributed by atoms with Gasteiger partial charge in [0, 0.05) is 48.9 Å². The Morgan fingerprint density at radius 3 is 2.32 bits per heavy atom. The molecule has 0 unspecified atom stereocenters. The van der Waals surface area contributed by atoms with Crippen LogP contribution < -0.4 is 4.72 Å². The zero-order chi connectivity index (χ0) is 20.3. The van der Waals surface area contributed by atoms with Crippen molar-refractivity contribution >= 4 is 27.5 Å². The van der Waals surface area contributed by atoms with Crippen molar-refractivity contribution in [1.29, 1.82) is 0 Å². The first-order valence-corrected chi connectivity index (χ1v) is 10.7. The Kier molecular flexibility index (Phi) is 6.34. The van der Waals surface area contributed by atoms with Crippen LogP contribution in [0.25, 0.3) is 0 Å². The van der Waals surface area contributed by atoms with E-state index < -0.39 is 10.0 Å². The maximum Gasteiger partial charge on any atom is 0.253 e. The van der Waals surface area contributed by atoms with E-state index >= 15 is 0 Å². The molecule has 0 spiro atoms. The fourth-order valence-electron chi connectivity index (χ4n) is 3.09. The molecule has 1 fully saturated rings. The van der Waals surface area contributed by atoms with E-state index in [0.717, 1.165) is 0 Å². The second-order valence-electron chi connectivity index (χ2n) is 6.50. The van der Waals surface area contributed by atoms with Crippen molar-refractivity contribution in [2.45, 2.75) is 11.4 Å². The molecule has 0 aliphatic carbocycles. The molecule has 1 N–H and O–H groups in total. The Bertz CT molecular complexity index is 939. The van der Waals surface area contributed by atoms with Crippen molar-refractivity contribution in [2.75, 3.05) is 33.2 Å². The van der Waals surface area contributed by atoms with Gasteiger partial charge in [-0.05, 0) is 43.4 Å². The molecule has 9 heteroatoms. The monoisotopic (exact) mass is 425 g/mol. The zero-order valence-electron chi connectivity index (χ0n) is 15.4. The number of hydrogen-bond acceptors (Lipinski definition) is 4. The van der Waals surface area contributed by atoms with Gasteiger partial charge in [0.15, 0.2) is 0 Å². The van der Waals surface area contributed by atoms with Gasteiger partial charge in [0.1, 0.15) is 5.82 Å². The molecule has 1 aliphatic rings. The fraction of sp³-hybridized carbons (Fsp3) is 0.316. The highest BCUT2D eigenvalue weighted by Crippen LogP contribution is 2.22. The van der Waals surface area contributed by atoms with Gasteiger partial charge in [-0.3, -0.25) is 9.69 Å². The second-order valence-corrected chi connectivity index (χ2v) is 8.79. The van der Waals surface area contributed by atoms with Gasteiger partial charge in [-0.15, -0.1) is 0 Å². The van der Waals surface area contributed by atoms with E-state index in [0.29, 0.717) is 48.9 Å². The number of hydrogen-bond donors (Lipinski definition) is 1. The van der Waals surface area contributed by atoms with E-state index in [9.17, 15) is 17.6 Å². The van der Waals surface area contributed by atoms with Crippen molar-refractivity contribution < 1.29 is 17.6 Å². The van der Waals surface area contributed by atoms with Crippen LogP contribution in [0.5, 0.6) is 0 Å². The summed E-state index contributed by atoms with van der Waals surface area (Å²) in [6.07, 6.45) is 0. The molecule has 0 bridgehead atoms. The molecule has 3 rings (SSSR count). The molecule has 28 heavy (non-hydrogen) atoms. The highest BCUT2D eigenvalue weighted by Gasteiger charge is 2.23. The van der Waals surface area contributed by atoms with Crippen LogP contribution in [0.3, 0.4) is 0 Å². The average molecular weight is 426 g/mol. The SMILES string of the molecule is CNS(=O)(=O)c1ccc(C(=O)N2CCN(Cc3c(F)cccc3Cl)CC2)cc1. The molecular weight excluding hydrogens is 405 g/mol. The Hall–Kier alpha value is -2.00. The quantitative estimate of drug-likeness (QED) is 0.798. The third-order valence-corrected chi connectivity index (χ3v) is 6.57. The Morgan fingerprint density at radius 1 is 1.11 bits per heavy atom. The largest absolute Gasteiger partial charge is 0.336 e. The minimum atomic E-state index is -3.53. The molecule has 150 valence electrons. The Labute approximate surface area is 168 Å². The molecule has 0 aromatic heterocycles. The maximum absolute atomic E-state index is 14.0. The van der Waals surface area contributed by atoms with Gasteiger partial charge in [-0.2, -0.15) is 0 Å². The minimum Gasteiger partial charge on any atom is -0.336 e. The number of sulfonamides is 1. The van der Waals surface area contributed by atoms with Crippen LogP contribution in [0.1, 0.15) is 15.9 Å². The lowest BCUT2D eigenvalue weighted by molar-refractivity contribution is 0.0627. The number of benzene rings is 2. The first-order valence-electron chi connectivity index (χ1n) is 8.80. The van der Waals surface area contributed by atoms with Crippen molar-refractivity contribution in [3.05, 3.63) is 64.4 Å². The van der Waals surface area contributed by atoms with E-state index in [1.165, 1.54) is 37.4 Å². The fourth-order valence-corrected chi connectivity index (χ4v) is 4.05. The van der Waals surface area contributed by atoms with Gasteiger partial charge in [0.25, 0.3) is 5.91 Å². The van der Waals surface area contributed by atoms with Gasteiger partial charge < -0.3 is 4.90 Å². The van der Waals surface area contributed by atoms with Crippen LogP contribution in [0.15, 0.2) is 47.4 Å². The van der Waals surface area contributed by atoms with Crippen LogP contribution in [-0.2, 0) is 16.6 Å². The summed E-state index contributed by atoms with van der Waals surface area (Å²) in [4.78, 5) is 16.5. The van der Waals surface area contributed by atoms with Crippen LogP contribution in [0.4, 0.5) is 4.39 Å². The number of piperazine rings is 1. The Balaban J connectivity index is 1.61. The van der Waals surface area contributed by atoms with Crippen molar-refractivity contribution in [3.8, 4) is 0 Å². The molecule has 6 nitrogen and oxygen atoms in total. The predicted molar refractivity (Wildman–Crippen MR) is 105 cm³/mol. The molecular formula is C19H21ClFN3O3S. The topological polar surface area (TPSA) is 69.7 Å². The normalized spacial score (nSPS) is 15.6. The van der Waals surface area contributed by atoms with E-state index in [4.69, 9.17) is 11.6 Å². The molecule has 1 saturated heterocycles. The summed E-state index contributed by atoms with van der Waals surface area (Å²) < 4.78 is 39.7. The summed E-state index contributed by atoms with van der Waals surface area (Å²) in [7, 11) is -2.20. The summed E-state index contributed by atoms with van der Waals surface area (Å²) in [6, 6.07) is 10.5. The number of carbonyl (C=O) groups excluding carboxylic acids is 1. The molecule has 1 amide bonds. The summed E-state index contributed by atoms with van der Waals surface area (Å²) in [5, 5.41) is 0.398. The molecule has 1 heterocycles.